The van der Waals surface area contributed by atoms with E-state index >= 15 is 0 Å². The summed E-state index contributed by atoms with van der Waals surface area (Å²) in [5.41, 5.74) is 1.88. The first-order chi connectivity index (χ1) is 15.2. The lowest BCUT2D eigenvalue weighted by Crippen LogP contribution is -2.47. The van der Waals surface area contributed by atoms with E-state index in [-0.39, 0.29) is 10.8 Å². The molecule has 1 aliphatic rings. The van der Waals surface area contributed by atoms with Gasteiger partial charge in [0.2, 0.25) is 15.9 Å². The van der Waals surface area contributed by atoms with E-state index in [1.54, 1.807) is 19.9 Å². The Labute approximate surface area is 191 Å². The summed E-state index contributed by atoms with van der Waals surface area (Å²) in [7, 11) is -3.98. The molecule has 0 saturated carbocycles. The number of hydrogen-bond donors (Lipinski definition) is 2. The van der Waals surface area contributed by atoms with Crippen molar-refractivity contribution >= 4 is 42.6 Å². The molecule has 0 fully saturated rings. The zero-order valence-electron chi connectivity index (χ0n) is 18.0. The predicted octanol–water partition coefficient (Wildman–Crippen LogP) is 3.71. The largest absolute Gasteiger partial charge is 0.490 e. The molecule has 1 aliphatic heterocycles. The summed E-state index contributed by atoms with van der Waals surface area (Å²) in [6.45, 7) is 6.51. The predicted molar refractivity (Wildman–Crippen MR) is 124 cm³/mol. The molecule has 2 heterocycles. The van der Waals surface area contributed by atoms with Crippen molar-refractivity contribution in [3.63, 3.8) is 0 Å². The Morgan fingerprint density at radius 2 is 1.84 bits per heavy atom. The number of amides is 1. The molecule has 10 heteroatoms. The third-order valence-corrected chi connectivity index (χ3v) is 7.41. The van der Waals surface area contributed by atoms with E-state index in [9.17, 15) is 13.2 Å². The number of carbonyl (C=O) groups excluding carboxylic acids is 1. The molecule has 1 amide bonds. The van der Waals surface area contributed by atoms with Gasteiger partial charge in [0.15, 0.2) is 16.6 Å². The average molecular weight is 476 g/mol. The van der Waals surface area contributed by atoms with Gasteiger partial charge >= 0.3 is 0 Å². The van der Waals surface area contributed by atoms with Crippen molar-refractivity contribution in [1.29, 1.82) is 0 Å². The third kappa shape index (κ3) is 4.87. The molecule has 2 aromatic carbocycles. The van der Waals surface area contributed by atoms with Crippen LogP contribution in [0.3, 0.4) is 0 Å². The number of carbonyl (C=O) groups is 1. The van der Waals surface area contributed by atoms with Crippen molar-refractivity contribution in [2.24, 2.45) is 5.92 Å². The van der Waals surface area contributed by atoms with Crippen LogP contribution in [0.5, 0.6) is 11.5 Å². The number of nitrogens with one attached hydrogen (secondary N) is 2. The number of aromatic nitrogens is 1. The second-order valence-electron chi connectivity index (χ2n) is 7.98. The Balaban J connectivity index is 1.54. The number of nitrogens with zero attached hydrogens (tertiary/aromatic N) is 1. The first-order valence-corrected chi connectivity index (χ1v) is 12.6. The Hall–Kier alpha value is -2.69. The van der Waals surface area contributed by atoms with Gasteiger partial charge in [0, 0.05) is 12.5 Å². The van der Waals surface area contributed by atoms with Gasteiger partial charge in [-0.1, -0.05) is 31.3 Å². The normalized spacial score (nSPS) is 14.9. The van der Waals surface area contributed by atoms with Crippen LogP contribution >= 0.6 is 11.3 Å². The SMILES string of the molecule is Cc1ccc2nc(NC(=O)C(NS(=O)(=O)c3ccc4c(c3)OCCCO4)C(C)C)sc2c1. The van der Waals surface area contributed by atoms with Crippen molar-refractivity contribution in [2.75, 3.05) is 18.5 Å². The van der Waals surface area contributed by atoms with Crippen LogP contribution in [0.1, 0.15) is 25.8 Å². The summed E-state index contributed by atoms with van der Waals surface area (Å²) in [4.78, 5) is 17.4. The van der Waals surface area contributed by atoms with Gasteiger partial charge in [-0.3, -0.25) is 4.79 Å². The number of rotatable bonds is 6. The minimum Gasteiger partial charge on any atom is -0.490 e. The smallest absolute Gasteiger partial charge is 0.244 e. The third-order valence-electron chi connectivity index (χ3n) is 5.03. The number of fused-ring (bicyclic) bond motifs is 2. The van der Waals surface area contributed by atoms with Crippen LogP contribution in [0, 0.1) is 12.8 Å². The van der Waals surface area contributed by atoms with E-state index in [4.69, 9.17) is 9.47 Å². The minimum absolute atomic E-state index is 0.00987. The molecule has 1 aromatic heterocycles. The topological polar surface area (TPSA) is 107 Å². The summed E-state index contributed by atoms with van der Waals surface area (Å²) in [6.07, 6.45) is 0.718. The number of aryl methyl sites for hydroxylation is 1. The fraction of sp³-hybridized carbons (Fsp3) is 0.364. The molecule has 32 heavy (non-hydrogen) atoms. The van der Waals surface area contributed by atoms with Crippen LogP contribution in [0.4, 0.5) is 5.13 Å². The summed E-state index contributed by atoms with van der Waals surface area (Å²) < 4.78 is 40.8. The first kappa shape index (κ1) is 22.5. The molecule has 2 N–H and O–H groups in total. The number of anilines is 1. The van der Waals surface area contributed by atoms with Gasteiger partial charge in [-0.2, -0.15) is 4.72 Å². The second kappa shape index (κ2) is 9.05. The van der Waals surface area contributed by atoms with Crippen molar-refractivity contribution in [1.82, 2.24) is 9.71 Å². The lowest BCUT2D eigenvalue weighted by Gasteiger charge is -2.21. The van der Waals surface area contributed by atoms with Crippen LogP contribution < -0.4 is 19.5 Å². The maximum atomic E-state index is 13.1. The Kier molecular flexibility index (Phi) is 6.36. The highest BCUT2D eigenvalue weighted by molar-refractivity contribution is 7.89. The van der Waals surface area contributed by atoms with E-state index in [0.29, 0.717) is 29.8 Å². The number of benzene rings is 2. The van der Waals surface area contributed by atoms with Crippen LogP contribution in [-0.2, 0) is 14.8 Å². The van der Waals surface area contributed by atoms with Gasteiger partial charge in [0.1, 0.15) is 6.04 Å². The Bertz CT molecular complexity index is 1250. The Morgan fingerprint density at radius 1 is 1.09 bits per heavy atom. The maximum absolute atomic E-state index is 13.1. The van der Waals surface area contributed by atoms with E-state index in [1.807, 2.05) is 25.1 Å². The molecule has 0 radical (unpaired) electrons. The molecule has 0 spiro atoms. The molecule has 170 valence electrons. The van der Waals surface area contributed by atoms with Crippen molar-refractivity contribution in [3.05, 3.63) is 42.0 Å². The quantitative estimate of drug-likeness (QED) is 0.563. The number of sulfonamides is 1. The van der Waals surface area contributed by atoms with Gasteiger partial charge in [0.25, 0.3) is 0 Å². The summed E-state index contributed by atoms with van der Waals surface area (Å²) >= 11 is 1.35. The van der Waals surface area contributed by atoms with Gasteiger partial charge in [-0.15, -0.1) is 0 Å². The number of ether oxygens (including phenoxy) is 2. The first-order valence-electron chi connectivity index (χ1n) is 10.3. The van der Waals surface area contributed by atoms with Crippen LogP contribution in [0.15, 0.2) is 41.3 Å². The monoisotopic (exact) mass is 475 g/mol. The van der Waals surface area contributed by atoms with E-state index < -0.39 is 22.0 Å². The van der Waals surface area contributed by atoms with Gasteiger partial charge in [-0.25, -0.2) is 13.4 Å². The van der Waals surface area contributed by atoms with E-state index in [0.717, 1.165) is 22.2 Å². The molecule has 8 nitrogen and oxygen atoms in total. The molecule has 0 aliphatic carbocycles. The van der Waals surface area contributed by atoms with Gasteiger partial charge in [0.05, 0.1) is 28.3 Å². The van der Waals surface area contributed by atoms with Crippen molar-refractivity contribution < 1.29 is 22.7 Å². The fourth-order valence-electron chi connectivity index (χ4n) is 3.31. The number of thiazole rings is 1. The standard InChI is InChI=1S/C22H25N3O5S2/c1-13(2)20(21(26)24-22-23-16-7-5-14(3)11-19(16)31-22)25-32(27,28)15-6-8-17-18(12-15)30-10-4-9-29-17/h5-8,11-13,20,25H,4,9-10H2,1-3H3,(H,23,24,26). The lowest BCUT2D eigenvalue weighted by atomic mass is 10.1. The van der Waals surface area contributed by atoms with E-state index in [2.05, 4.69) is 15.0 Å². The molecule has 3 aromatic rings. The summed E-state index contributed by atoms with van der Waals surface area (Å²) in [6, 6.07) is 9.30. The molecule has 4 rings (SSSR count). The summed E-state index contributed by atoms with van der Waals surface area (Å²) in [5.74, 6) is 0.127. The highest BCUT2D eigenvalue weighted by atomic mass is 32.2. The van der Waals surface area contributed by atoms with Gasteiger partial charge in [-0.05, 0) is 42.7 Å². The van der Waals surface area contributed by atoms with Crippen LogP contribution in [0.25, 0.3) is 10.2 Å². The molecule has 1 unspecified atom stereocenters. The Morgan fingerprint density at radius 3 is 2.59 bits per heavy atom. The van der Waals surface area contributed by atoms with Gasteiger partial charge < -0.3 is 14.8 Å². The lowest BCUT2D eigenvalue weighted by molar-refractivity contribution is -0.118. The van der Waals surface area contributed by atoms with Crippen molar-refractivity contribution in [3.8, 4) is 11.5 Å². The molecule has 0 bridgehead atoms. The van der Waals surface area contributed by atoms with Crippen LogP contribution in [-0.4, -0.2) is 38.6 Å². The summed E-state index contributed by atoms with van der Waals surface area (Å²) in [5, 5.41) is 3.19. The van der Waals surface area contributed by atoms with Crippen LogP contribution in [0.2, 0.25) is 0 Å². The molecule has 0 saturated heterocycles. The van der Waals surface area contributed by atoms with Crippen molar-refractivity contribution in [2.45, 2.75) is 38.1 Å². The zero-order chi connectivity index (χ0) is 22.9. The molecule has 1 atom stereocenters. The van der Waals surface area contributed by atoms with E-state index in [1.165, 1.54) is 23.5 Å². The highest BCUT2D eigenvalue weighted by Gasteiger charge is 2.30. The highest BCUT2D eigenvalue weighted by Crippen LogP contribution is 2.32. The number of hydrogen-bond acceptors (Lipinski definition) is 7. The molecular weight excluding hydrogens is 450 g/mol. The minimum atomic E-state index is -3.98. The zero-order valence-corrected chi connectivity index (χ0v) is 19.7. The fourth-order valence-corrected chi connectivity index (χ4v) is 5.63. The second-order valence-corrected chi connectivity index (χ2v) is 10.7. The average Bonchev–Trinajstić information content (AvgIpc) is 2.97. The molecular formula is C22H25N3O5S2. The maximum Gasteiger partial charge on any atom is 0.244 e.